The molecule has 3 aliphatic rings. The van der Waals surface area contributed by atoms with Crippen LogP contribution in [0.2, 0.25) is 0 Å². The molecule has 2 fully saturated rings. The number of aliphatic hydroxyl groups is 1. The Morgan fingerprint density at radius 2 is 1.96 bits per heavy atom. The molecule has 4 aromatic rings. The molecule has 7 N–H and O–H groups in total. The Hall–Kier alpha value is -2.93. The number of nitrogens with zero attached hydrogens (tertiary/aromatic N) is 7. The van der Waals surface area contributed by atoms with E-state index in [1.54, 1.807) is 0 Å². The number of carbonyl (C=O) groups excluding carboxylic acids is 1. The number of nitrogens with one attached hydrogen (secondary N) is 2. The molecule has 300 valence electrons. The van der Waals surface area contributed by atoms with Crippen molar-refractivity contribution in [1.82, 2.24) is 39.0 Å². The quantitative estimate of drug-likeness (QED) is 0.0339. The lowest BCUT2D eigenvalue weighted by Gasteiger charge is -2.25. The van der Waals surface area contributed by atoms with E-state index >= 15 is 0 Å². The zero-order chi connectivity index (χ0) is 38.9. The third-order valence-electron chi connectivity index (χ3n) is 9.25. The van der Waals surface area contributed by atoms with Gasteiger partial charge < -0.3 is 54.6 Å². The van der Waals surface area contributed by atoms with Crippen LogP contribution in [-0.2, 0) is 61.9 Å². The van der Waals surface area contributed by atoms with Crippen LogP contribution < -0.4 is 21.9 Å². The summed E-state index contributed by atoms with van der Waals surface area (Å²) in [6, 6.07) is 0. The second-order valence-corrected chi connectivity index (χ2v) is 18.4. The van der Waals surface area contributed by atoms with E-state index in [9.17, 15) is 29.0 Å². The van der Waals surface area contributed by atoms with Gasteiger partial charge in [-0.15, -0.1) is 0 Å². The summed E-state index contributed by atoms with van der Waals surface area (Å²) in [5.41, 5.74) is 6.54. The van der Waals surface area contributed by atoms with Gasteiger partial charge in [0.2, 0.25) is 5.91 Å². The van der Waals surface area contributed by atoms with Crippen molar-refractivity contribution in [2.45, 2.75) is 69.1 Å². The van der Waals surface area contributed by atoms with Crippen LogP contribution in [-0.4, -0.2) is 118 Å². The highest BCUT2D eigenvalue weighted by Crippen LogP contribution is 2.57. The lowest BCUT2D eigenvalue weighted by atomic mass is 10.1. The van der Waals surface area contributed by atoms with E-state index in [-0.39, 0.29) is 50.4 Å². The van der Waals surface area contributed by atoms with Gasteiger partial charge in [-0.3, -0.25) is 27.8 Å². The van der Waals surface area contributed by atoms with Crippen molar-refractivity contribution in [3.8, 4) is 0 Å². The van der Waals surface area contributed by atoms with Gasteiger partial charge in [-0.05, 0) is 43.1 Å². The normalized spacial score (nSPS) is 25.3. The molecule has 7 rings (SSSR count). The van der Waals surface area contributed by atoms with E-state index < -0.39 is 62.2 Å². The molecule has 26 heteroatoms. The van der Waals surface area contributed by atoms with Crippen LogP contribution >= 0.6 is 25.8 Å². The lowest BCUT2D eigenvalue weighted by molar-refractivity contribution is -0.121. The monoisotopic (exact) mass is 846 g/mol. The third kappa shape index (κ3) is 9.13. The molecule has 0 aliphatic carbocycles. The smallest absolute Gasteiger partial charge is 0.386 e. The van der Waals surface area contributed by atoms with Crippen molar-refractivity contribution in [2.75, 3.05) is 45.0 Å². The van der Waals surface area contributed by atoms with Crippen molar-refractivity contribution in [1.29, 1.82) is 0 Å². The Labute approximate surface area is 322 Å². The van der Waals surface area contributed by atoms with Crippen LogP contribution in [0, 0.1) is 0 Å². The number of imidazole rings is 1. The van der Waals surface area contributed by atoms with Gasteiger partial charge in [-0.2, -0.15) is 0 Å². The van der Waals surface area contributed by atoms with Crippen LogP contribution in [0.3, 0.4) is 0 Å². The van der Waals surface area contributed by atoms with Crippen molar-refractivity contribution < 1.29 is 52.0 Å². The molecule has 0 spiro atoms. The standard InChI is InChI=1S/C29H40N10O12P2S2/c30-8-19(40)36-15-46-7-6-37-13-35-27-22(28(37)42)34-14-39(27)29-24(23(41)18(50-29)11-47-52(43,44)54)51-53(45,55)48-10-17-3-4-20(49-17)38-9-16-2-1-5-31-25-21(16)26(38)33-12-32-25/h9,12-14,17-18,20,23-24,29,41H,1-8,10-11,15,30H2,(H,36,40)(H,45,55)(H,31,32,33)(H2,43,44,54)/t17-,18+,20+,23+,24+,29+,53?/m0/s1. The van der Waals surface area contributed by atoms with E-state index in [2.05, 4.69) is 54.6 Å². The number of aliphatic hydroxyl groups excluding tert-OH is 1. The minimum absolute atomic E-state index is 0.0272. The number of hydrogen-bond donors (Lipinski definition) is 7. The second-order valence-electron chi connectivity index (χ2n) is 12.9. The van der Waals surface area contributed by atoms with Gasteiger partial charge >= 0.3 is 13.5 Å². The molecule has 0 aromatic carbocycles. The largest absolute Gasteiger partial charge is 0.387 e. The van der Waals surface area contributed by atoms with Gasteiger partial charge in [-0.25, -0.2) is 24.5 Å². The van der Waals surface area contributed by atoms with E-state index in [0.717, 1.165) is 41.8 Å². The summed E-state index contributed by atoms with van der Waals surface area (Å²) in [5, 5.41) is 18.1. The van der Waals surface area contributed by atoms with Crippen molar-refractivity contribution in [3.63, 3.8) is 0 Å². The number of rotatable bonds is 16. The average Bonchev–Trinajstić information content (AvgIpc) is 3.91. The van der Waals surface area contributed by atoms with E-state index in [1.807, 2.05) is 10.8 Å². The van der Waals surface area contributed by atoms with E-state index in [4.69, 9.17) is 33.5 Å². The van der Waals surface area contributed by atoms with Gasteiger partial charge in [0.15, 0.2) is 17.4 Å². The van der Waals surface area contributed by atoms with Crippen LogP contribution in [0.4, 0.5) is 5.82 Å². The number of amides is 1. The molecule has 1 amide bonds. The first kappa shape index (κ1) is 40.3. The third-order valence-corrected chi connectivity index (χ3v) is 11.7. The summed E-state index contributed by atoms with van der Waals surface area (Å²) >= 11 is 8.74. The Balaban J connectivity index is 1.03. The number of nitrogens with two attached hydrogens (primary N) is 1. The summed E-state index contributed by atoms with van der Waals surface area (Å²) in [7, 11) is 0. The SMILES string of the molecule is NCC(=O)NCOCCn1cnc2c(ncn2[C@@H]2O[C@H](COP(O)(O)=S)[C@@H](O)[C@H]2OP(=O)(S)OC[C@@H]2CC[C@H](n3cc4c5c(ncnc53)NCCC4)O2)c1=O. The van der Waals surface area contributed by atoms with Crippen LogP contribution in [0.25, 0.3) is 22.2 Å². The fourth-order valence-electron chi connectivity index (χ4n) is 6.66. The van der Waals surface area contributed by atoms with Crippen molar-refractivity contribution in [3.05, 3.63) is 41.1 Å². The highest BCUT2D eigenvalue weighted by Gasteiger charge is 2.49. The molecular weight excluding hydrogens is 806 g/mol. The molecule has 22 nitrogen and oxygen atoms in total. The van der Waals surface area contributed by atoms with E-state index in [0.29, 0.717) is 12.8 Å². The zero-order valence-corrected chi connectivity index (χ0v) is 32.5. The zero-order valence-electron chi connectivity index (χ0n) is 29.0. The maximum absolute atomic E-state index is 13.7. The highest BCUT2D eigenvalue weighted by molar-refractivity contribution is 8.44. The summed E-state index contributed by atoms with van der Waals surface area (Å²) in [6.45, 7) is -8.50. The maximum Gasteiger partial charge on any atom is 0.386 e. The number of ether oxygens (including phenoxy) is 3. The van der Waals surface area contributed by atoms with Crippen molar-refractivity contribution >= 4 is 71.5 Å². The van der Waals surface area contributed by atoms with Crippen molar-refractivity contribution in [2.24, 2.45) is 5.73 Å². The molecule has 7 atom stereocenters. The van der Waals surface area contributed by atoms with Gasteiger partial charge in [0, 0.05) is 12.7 Å². The number of aryl methyl sites for hydroxylation is 1. The van der Waals surface area contributed by atoms with Gasteiger partial charge in [0.05, 0.1) is 50.7 Å². The first-order valence-corrected chi connectivity index (χ1v) is 22.5. The first-order chi connectivity index (χ1) is 26.3. The minimum Gasteiger partial charge on any atom is -0.387 e. The molecule has 0 radical (unpaired) electrons. The predicted molar refractivity (Wildman–Crippen MR) is 199 cm³/mol. The predicted octanol–water partition coefficient (Wildman–Crippen LogP) is 0.0463. The topological polar surface area (TPSA) is 284 Å². The Morgan fingerprint density at radius 1 is 1.13 bits per heavy atom. The number of carbonyl (C=O) groups is 1. The number of anilines is 1. The molecule has 0 bridgehead atoms. The Bertz CT molecular complexity index is 2180. The number of hydrogen-bond acceptors (Lipinski definition) is 17. The lowest BCUT2D eigenvalue weighted by Crippen LogP contribution is -2.35. The fraction of sp³-hybridized carbons (Fsp3) is 0.586. The van der Waals surface area contributed by atoms with Gasteiger partial charge in [-0.1, -0.05) is 12.2 Å². The number of aromatic nitrogens is 7. The van der Waals surface area contributed by atoms with Gasteiger partial charge in [0.25, 0.3) is 5.56 Å². The molecule has 3 aliphatic heterocycles. The minimum atomic E-state index is -4.27. The summed E-state index contributed by atoms with van der Waals surface area (Å²) in [6.07, 6.45) is 2.51. The van der Waals surface area contributed by atoms with Crippen LogP contribution in [0.15, 0.2) is 30.0 Å². The van der Waals surface area contributed by atoms with E-state index in [1.165, 1.54) is 28.1 Å². The molecular formula is C29H40N10O12P2S2. The molecule has 55 heavy (non-hydrogen) atoms. The highest BCUT2D eigenvalue weighted by atomic mass is 32.7. The van der Waals surface area contributed by atoms with Crippen LogP contribution in [0.1, 0.15) is 37.3 Å². The summed E-state index contributed by atoms with van der Waals surface area (Å²) < 4.78 is 52.3. The van der Waals surface area contributed by atoms with Gasteiger partial charge in [0.1, 0.15) is 55.4 Å². The Kier molecular flexibility index (Phi) is 12.4. The maximum atomic E-state index is 13.7. The second kappa shape index (κ2) is 16.9. The molecule has 1 unspecified atom stereocenters. The summed E-state index contributed by atoms with van der Waals surface area (Å²) in [4.78, 5) is 61.3. The molecule has 4 aromatic heterocycles. The van der Waals surface area contributed by atoms with Crippen LogP contribution in [0.5, 0.6) is 0 Å². The number of thiol groups is 1. The molecule has 2 saturated heterocycles. The first-order valence-electron chi connectivity index (χ1n) is 17.2. The fourth-order valence-corrected chi connectivity index (χ4v) is 8.66. The number of fused-ring (bicyclic) bond motifs is 1. The molecule has 0 saturated carbocycles. The summed E-state index contributed by atoms with van der Waals surface area (Å²) in [5.74, 6) is 0.390. The average molecular weight is 847 g/mol. The molecule has 7 heterocycles. The Morgan fingerprint density at radius 3 is 2.76 bits per heavy atom.